The molecule has 47 heavy (non-hydrogen) atoms. The summed E-state index contributed by atoms with van der Waals surface area (Å²) in [6.07, 6.45) is -4.30. The number of H-pyrrole nitrogens is 1. The number of nitrogens with one attached hydrogen (secondary N) is 2. The van der Waals surface area contributed by atoms with Gasteiger partial charge in [-0.2, -0.15) is 22.7 Å². The maximum Gasteiger partial charge on any atom is 0.416 e. The molecule has 2 N–H and O–H groups in total. The first-order valence-electron chi connectivity index (χ1n) is 14.3. The van der Waals surface area contributed by atoms with E-state index in [1.807, 2.05) is 17.9 Å². The Kier molecular flexibility index (Phi) is 8.63. The van der Waals surface area contributed by atoms with E-state index in [-0.39, 0.29) is 71.8 Å². The lowest BCUT2D eigenvalue weighted by Gasteiger charge is -2.36. The zero-order valence-electron chi connectivity index (χ0n) is 24.6. The van der Waals surface area contributed by atoms with Crippen LogP contribution in [0.3, 0.4) is 0 Å². The van der Waals surface area contributed by atoms with Crippen molar-refractivity contribution in [3.05, 3.63) is 86.3 Å². The topological polar surface area (TPSA) is 146 Å². The van der Waals surface area contributed by atoms with Gasteiger partial charge in [-0.3, -0.25) is 14.4 Å². The average Bonchev–Trinajstić information content (AvgIpc) is 3.70. The number of hydrogen-bond donors (Lipinski definition) is 2. The van der Waals surface area contributed by atoms with Crippen molar-refractivity contribution in [1.82, 2.24) is 39.2 Å². The predicted molar refractivity (Wildman–Crippen MR) is 167 cm³/mol. The SMILES string of the molecule is CCc1c(N2CCN(C(=O)c3nnc(Cl)[nH]3)CC2)c(=O)n2nc(-c3ccccc3)nc2n1CC(=O)Nc1ccc(C(F)(F)F)cc1Cl. The third-order valence-corrected chi connectivity index (χ3v) is 8.09. The van der Waals surface area contributed by atoms with E-state index in [4.69, 9.17) is 23.2 Å². The number of halogens is 5. The maximum atomic E-state index is 14.1. The third-order valence-electron chi connectivity index (χ3n) is 7.61. The van der Waals surface area contributed by atoms with Crippen LogP contribution in [0.4, 0.5) is 24.5 Å². The average molecular weight is 689 g/mol. The molecule has 18 heteroatoms. The molecule has 0 bridgehead atoms. The minimum atomic E-state index is -4.60. The highest BCUT2D eigenvalue weighted by molar-refractivity contribution is 6.33. The van der Waals surface area contributed by atoms with Gasteiger partial charge in [-0.15, -0.1) is 15.3 Å². The number of carbonyl (C=O) groups excluding carboxylic acids is 2. The van der Waals surface area contributed by atoms with E-state index in [1.165, 1.54) is 0 Å². The second-order valence-corrected chi connectivity index (χ2v) is 11.3. The summed E-state index contributed by atoms with van der Waals surface area (Å²) in [6.45, 7) is 2.49. The minimum Gasteiger partial charge on any atom is -0.362 e. The molecule has 244 valence electrons. The van der Waals surface area contributed by atoms with Gasteiger partial charge in [0.2, 0.25) is 22.8 Å². The van der Waals surface area contributed by atoms with Crippen LogP contribution in [0, 0.1) is 0 Å². The molecule has 0 saturated carbocycles. The van der Waals surface area contributed by atoms with Gasteiger partial charge in [-0.1, -0.05) is 48.9 Å². The summed E-state index contributed by atoms with van der Waals surface area (Å²) < 4.78 is 42.1. The van der Waals surface area contributed by atoms with Crippen LogP contribution in [-0.4, -0.2) is 77.2 Å². The molecular formula is C29H25Cl2F3N10O3. The van der Waals surface area contributed by atoms with E-state index in [2.05, 4.69) is 30.6 Å². The predicted octanol–water partition coefficient (Wildman–Crippen LogP) is 4.17. The fourth-order valence-electron chi connectivity index (χ4n) is 5.39. The lowest BCUT2D eigenvalue weighted by Crippen LogP contribution is -2.51. The molecular weight excluding hydrogens is 664 g/mol. The fourth-order valence-corrected chi connectivity index (χ4v) is 5.74. The van der Waals surface area contributed by atoms with Crippen molar-refractivity contribution in [3.63, 3.8) is 0 Å². The van der Waals surface area contributed by atoms with Gasteiger partial charge >= 0.3 is 6.18 Å². The highest BCUT2D eigenvalue weighted by atomic mass is 35.5. The van der Waals surface area contributed by atoms with E-state index >= 15 is 0 Å². The van der Waals surface area contributed by atoms with Crippen LogP contribution < -0.4 is 15.8 Å². The summed E-state index contributed by atoms with van der Waals surface area (Å²) in [5.74, 6) is -0.669. The first kappa shape index (κ1) is 32.0. The van der Waals surface area contributed by atoms with E-state index in [9.17, 15) is 27.6 Å². The molecule has 2 amide bonds. The van der Waals surface area contributed by atoms with Gasteiger partial charge in [0.25, 0.3) is 11.5 Å². The van der Waals surface area contributed by atoms with Crippen molar-refractivity contribution < 1.29 is 22.8 Å². The highest BCUT2D eigenvalue weighted by Gasteiger charge is 2.32. The van der Waals surface area contributed by atoms with Crippen LogP contribution in [0.1, 0.15) is 28.8 Å². The summed E-state index contributed by atoms with van der Waals surface area (Å²) in [7, 11) is 0. The molecule has 0 atom stereocenters. The van der Waals surface area contributed by atoms with Crippen molar-refractivity contribution in [1.29, 1.82) is 0 Å². The number of amides is 2. The summed E-state index contributed by atoms with van der Waals surface area (Å²) in [6, 6.07) is 11.6. The molecule has 1 aliphatic heterocycles. The second kappa shape index (κ2) is 12.7. The molecule has 2 aromatic carbocycles. The Morgan fingerprint density at radius 3 is 2.36 bits per heavy atom. The minimum absolute atomic E-state index is 0.00306. The zero-order chi connectivity index (χ0) is 33.5. The molecule has 3 aromatic heterocycles. The van der Waals surface area contributed by atoms with Crippen LogP contribution >= 0.6 is 23.2 Å². The number of carbonyl (C=O) groups is 2. The standard InChI is InChI=1S/C29H25Cl2F3N10O3/c1-2-20-22(41-10-12-42(13-11-41)26(47)24-36-27(31)39-38-24)25(46)44-28(37-23(40-44)16-6-4-3-5-7-16)43(20)15-21(45)35-19-9-8-17(14-18(19)30)29(32,33)34/h3-9,14H,2,10-13,15H2,1H3,(H,35,45)(H,36,38,39). The van der Waals surface area contributed by atoms with E-state index in [0.29, 0.717) is 17.7 Å². The summed E-state index contributed by atoms with van der Waals surface area (Å²) in [4.78, 5) is 50.9. The van der Waals surface area contributed by atoms with Crippen molar-refractivity contribution >= 4 is 52.2 Å². The van der Waals surface area contributed by atoms with Gasteiger partial charge in [-0.25, -0.2) is 0 Å². The van der Waals surface area contributed by atoms with Crippen LogP contribution in [-0.2, 0) is 23.9 Å². The summed E-state index contributed by atoms with van der Waals surface area (Å²) in [5, 5.41) is 14.1. The molecule has 6 rings (SSSR count). The quantitative estimate of drug-likeness (QED) is 0.259. The lowest BCUT2D eigenvalue weighted by atomic mass is 10.2. The van der Waals surface area contributed by atoms with Crippen molar-refractivity contribution in [2.45, 2.75) is 26.1 Å². The number of anilines is 2. The van der Waals surface area contributed by atoms with Crippen LogP contribution in [0.2, 0.25) is 10.3 Å². The first-order valence-corrected chi connectivity index (χ1v) is 15.1. The molecule has 1 aliphatic rings. The molecule has 1 saturated heterocycles. The number of aromatic nitrogens is 7. The monoisotopic (exact) mass is 688 g/mol. The van der Waals surface area contributed by atoms with Crippen LogP contribution in [0.15, 0.2) is 53.3 Å². The van der Waals surface area contributed by atoms with Gasteiger partial charge in [0.15, 0.2) is 5.82 Å². The molecule has 0 spiro atoms. The Labute approximate surface area is 273 Å². The number of aromatic amines is 1. The van der Waals surface area contributed by atoms with Crippen LogP contribution in [0.25, 0.3) is 17.2 Å². The van der Waals surface area contributed by atoms with Gasteiger partial charge in [0.1, 0.15) is 12.2 Å². The summed E-state index contributed by atoms with van der Waals surface area (Å²) in [5.41, 5.74) is -0.0352. The number of hydrogen-bond acceptors (Lipinski definition) is 8. The number of benzene rings is 2. The van der Waals surface area contributed by atoms with E-state index < -0.39 is 29.1 Å². The molecule has 0 radical (unpaired) electrons. The lowest BCUT2D eigenvalue weighted by molar-refractivity contribution is -0.137. The second-order valence-electron chi connectivity index (χ2n) is 10.5. The molecule has 5 aromatic rings. The Morgan fingerprint density at radius 2 is 1.74 bits per heavy atom. The Hall–Kier alpha value is -4.96. The molecule has 13 nitrogen and oxygen atoms in total. The first-order chi connectivity index (χ1) is 22.4. The van der Waals surface area contributed by atoms with Gasteiger partial charge in [-0.05, 0) is 36.2 Å². The molecule has 1 fully saturated rings. The Bertz CT molecular complexity index is 2040. The van der Waals surface area contributed by atoms with Gasteiger partial charge < -0.3 is 24.7 Å². The van der Waals surface area contributed by atoms with Crippen molar-refractivity contribution in [3.8, 4) is 11.4 Å². The van der Waals surface area contributed by atoms with E-state index in [0.717, 1.165) is 22.7 Å². The maximum absolute atomic E-state index is 14.1. The van der Waals surface area contributed by atoms with Gasteiger partial charge in [0.05, 0.1) is 22.0 Å². The number of rotatable bonds is 7. The smallest absolute Gasteiger partial charge is 0.362 e. The van der Waals surface area contributed by atoms with Gasteiger partial charge in [0, 0.05) is 31.7 Å². The fraction of sp³-hybridized carbons (Fsp3) is 0.276. The molecule has 4 heterocycles. The number of fused-ring (bicyclic) bond motifs is 1. The Morgan fingerprint density at radius 1 is 1.02 bits per heavy atom. The van der Waals surface area contributed by atoms with Crippen molar-refractivity contribution in [2.24, 2.45) is 0 Å². The number of alkyl halides is 3. The molecule has 0 unspecified atom stereocenters. The normalized spacial score (nSPS) is 13.7. The Balaban J connectivity index is 1.36. The van der Waals surface area contributed by atoms with Crippen molar-refractivity contribution in [2.75, 3.05) is 36.4 Å². The highest BCUT2D eigenvalue weighted by Crippen LogP contribution is 2.34. The molecule has 0 aliphatic carbocycles. The number of piperazine rings is 1. The third kappa shape index (κ3) is 6.38. The van der Waals surface area contributed by atoms with Crippen LogP contribution in [0.5, 0.6) is 0 Å². The summed E-state index contributed by atoms with van der Waals surface area (Å²) >= 11 is 11.9. The largest absolute Gasteiger partial charge is 0.416 e. The zero-order valence-corrected chi connectivity index (χ0v) is 26.1. The number of nitrogens with zero attached hydrogens (tertiary/aromatic N) is 8. The van der Waals surface area contributed by atoms with E-state index in [1.54, 1.807) is 33.7 Å².